The Morgan fingerprint density at radius 1 is 0.971 bits per heavy atom. The molecule has 4 rings (SSSR count). The predicted octanol–water partition coefficient (Wildman–Crippen LogP) is 8.45. The van der Waals surface area contributed by atoms with E-state index < -0.39 is 0 Å². The second-order valence-electron chi connectivity index (χ2n) is 11.0. The highest BCUT2D eigenvalue weighted by Crippen LogP contribution is 2.50. The molecule has 0 spiro atoms. The van der Waals surface area contributed by atoms with Crippen LogP contribution in [-0.4, -0.2) is 5.97 Å². The van der Waals surface area contributed by atoms with E-state index in [4.69, 9.17) is 4.74 Å². The molecule has 0 aromatic heterocycles. The third-order valence-electron chi connectivity index (χ3n) is 9.00. The van der Waals surface area contributed by atoms with Crippen LogP contribution in [0.5, 0.6) is 5.75 Å². The van der Waals surface area contributed by atoms with Crippen LogP contribution < -0.4 is 4.74 Å². The summed E-state index contributed by atoms with van der Waals surface area (Å²) >= 11 is 0. The molecule has 4 atom stereocenters. The number of aryl methyl sites for hydroxylation is 1. The van der Waals surface area contributed by atoms with Gasteiger partial charge in [-0.2, -0.15) is 0 Å². The first-order chi connectivity index (χ1) is 16.6. The third-order valence-corrected chi connectivity index (χ3v) is 9.00. The van der Waals surface area contributed by atoms with Gasteiger partial charge in [-0.3, -0.25) is 4.79 Å². The molecule has 1 aromatic carbocycles. The van der Waals surface area contributed by atoms with Crippen molar-refractivity contribution < 1.29 is 13.9 Å². The number of fused-ring (bicyclic) bond motifs is 1. The van der Waals surface area contributed by atoms with Crippen molar-refractivity contribution in [2.75, 3.05) is 0 Å². The van der Waals surface area contributed by atoms with Crippen molar-refractivity contribution >= 4 is 5.97 Å². The van der Waals surface area contributed by atoms with Gasteiger partial charge in [0.1, 0.15) is 11.6 Å². The van der Waals surface area contributed by atoms with E-state index in [1.807, 2.05) is 19.1 Å². The Kier molecular flexibility index (Phi) is 9.03. The molecule has 34 heavy (non-hydrogen) atoms. The Morgan fingerprint density at radius 3 is 2.50 bits per heavy atom. The highest BCUT2D eigenvalue weighted by atomic mass is 19.1. The third kappa shape index (κ3) is 6.20. The van der Waals surface area contributed by atoms with Gasteiger partial charge in [0.2, 0.25) is 0 Å². The monoisotopic (exact) mass is 466 g/mol. The number of benzene rings is 1. The molecular weight excluding hydrogens is 423 g/mol. The van der Waals surface area contributed by atoms with Crippen LogP contribution in [0.1, 0.15) is 90.0 Å². The van der Waals surface area contributed by atoms with E-state index in [-0.39, 0.29) is 17.7 Å². The van der Waals surface area contributed by atoms with E-state index in [1.54, 1.807) is 12.1 Å². The average Bonchev–Trinajstić information content (AvgIpc) is 2.85. The molecule has 3 fully saturated rings. The molecule has 3 aliphatic carbocycles. The molecule has 0 N–H and O–H groups in total. The number of esters is 1. The van der Waals surface area contributed by atoms with Crippen LogP contribution in [0.3, 0.4) is 0 Å². The van der Waals surface area contributed by atoms with Gasteiger partial charge in [-0.1, -0.05) is 43.2 Å². The van der Waals surface area contributed by atoms with Gasteiger partial charge in [-0.25, -0.2) is 4.39 Å². The van der Waals surface area contributed by atoms with E-state index >= 15 is 0 Å². The zero-order valence-corrected chi connectivity index (χ0v) is 21.2. The maximum atomic E-state index is 14.5. The van der Waals surface area contributed by atoms with Crippen LogP contribution in [0.4, 0.5) is 4.39 Å². The standard InChI is InChI=1S/C31H43FO2/c1-3-5-6-9-24-16-18-27(21-30(24)32)34-31(33)29-11-7-10-26-20-25(17-19-28(26)29)23-14-12-22(8-4-2)13-15-23/h3-5,8,16,18,21-23,25-26,28-29H,6-7,9-15,17,19-20H2,1-2H3/b5-3+,8-4+. The SMILES string of the molecule is C/C=C/CCc1ccc(OC(=O)C2CCCC3CC(C4CCC(/C=C/C)CC4)CCC32)cc1F. The van der Waals surface area contributed by atoms with Crippen LogP contribution in [0, 0.1) is 41.3 Å². The van der Waals surface area contributed by atoms with Gasteiger partial charge < -0.3 is 4.74 Å². The van der Waals surface area contributed by atoms with Crippen molar-refractivity contribution in [3.8, 4) is 5.75 Å². The summed E-state index contributed by atoms with van der Waals surface area (Å²) < 4.78 is 20.2. The summed E-state index contributed by atoms with van der Waals surface area (Å²) in [5.41, 5.74) is 0.675. The second kappa shape index (κ2) is 12.2. The topological polar surface area (TPSA) is 26.3 Å². The second-order valence-corrected chi connectivity index (χ2v) is 11.0. The number of hydrogen-bond acceptors (Lipinski definition) is 2. The van der Waals surface area contributed by atoms with Crippen molar-refractivity contribution in [3.05, 3.63) is 53.9 Å². The van der Waals surface area contributed by atoms with Crippen molar-refractivity contribution in [1.29, 1.82) is 0 Å². The molecule has 3 saturated carbocycles. The molecule has 0 radical (unpaired) electrons. The maximum Gasteiger partial charge on any atom is 0.314 e. The van der Waals surface area contributed by atoms with E-state index in [0.717, 1.165) is 43.4 Å². The summed E-state index contributed by atoms with van der Waals surface area (Å²) in [6.07, 6.45) is 22.5. The van der Waals surface area contributed by atoms with Gasteiger partial charge >= 0.3 is 5.97 Å². The van der Waals surface area contributed by atoms with Crippen molar-refractivity contribution in [3.63, 3.8) is 0 Å². The predicted molar refractivity (Wildman–Crippen MR) is 137 cm³/mol. The maximum absolute atomic E-state index is 14.5. The Bertz CT molecular complexity index is 864. The van der Waals surface area contributed by atoms with Crippen LogP contribution in [-0.2, 0) is 11.2 Å². The minimum absolute atomic E-state index is 0.0254. The van der Waals surface area contributed by atoms with E-state index in [0.29, 0.717) is 29.6 Å². The Balaban J connectivity index is 1.32. The van der Waals surface area contributed by atoms with Gasteiger partial charge in [0, 0.05) is 6.07 Å². The lowest BCUT2D eigenvalue weighted by molar-refractivity contribution is -0.144. The highest BCUT2D eigenvalue weighted by molar-refractivity contribution is 5.75. The number of ether oxygens (including phenoxy) is 1. The number of carbonyl (C=O) groups is 1. The van der Waals surface area contributed by atoms with E-state index in [2.05, 4.69) is 19.1 Å². The normalized spacial score (nSPS) is 32.1. The molecule has 0 heterocycles. The van der Waals surface area contributed by atoms with Gasteiger partial charge in [0.05, 0.1) is 5.92 Å². The Hall–Kier alpha value is -1.90. The van der Waals surface area contributed by atoms with Crippen LogP contribution in [0.2, 0.25) is 0 Å². The van der Waals surface area contributed by atoms with Gasteiger partial charge in [-0.15, -0.1) is 0 Å². The lowest BCUT2D eigenvalue weighted by Gasteiger charge is -2.45. The average molecular weight is 467 g/mol. The van der Waals surface area contributed by atoms with Crippen molar-refractivity contribution in [2.45, 2.75) is 90.9 Å². The molecule has 0 amide bonds. The molecule has 2 nitrogen and oxygen atoms in total. The molecule has 3 heteroatoms. The smallest absolute Gasteiger partial charge is 0.314 e. The van der Waals surface area contributed by atoms with Crippen molar-refractivity contribution in [2.24, 2.45) is 35.5 Å². The molecule has 186 valence electrons. The number of carbonyl (C=O) groups excluding carboxylic acids is 1. The van der Waals surface area contributed by atoms with Crippen LogP contribution >= 0.6 is 0 Å². The zero-order chi connectivity index (χ0) is 23.9. The van der Waals surface area contributed by atoms with Gasteiger partial charge in [-0.05, 0) is 119 Å². The first-order valence-electron chi connectivity index (χ1n) is 13.8. The zero-order valence-electron chi connectivity index (χ0n) is 21.2. The molecule has 1 aromatic rings. The summed E-state index contributed by atoms with van der Waals surface area (Å²) in [6, 6.07) is 4.92. The summed E-state index contributed by atoms with van der Waals surface area (Å²) in [6.45, 7) is 4.10. The molecule has 3 aliphatic rings. The largest absolute Gasteiger partial charge is 0.426 e. The van der Waals surface area contributed by atoms with Crippen LogP contribution in [0.25, 0.3) is 0 Å². The first kappa shape index (κ1) is 25.2. The number of rotatable bonds is 7. The number of hydrogen-bond donors (Lipinski definition) is 0. The summed E-state index contributed by atoms with van der Waals surface area (Å²) in [5.74, 6) is 3.52. The quantitative estimate of drug-likeness (QED) is 0.229. The summed E-state index contributed by atoms with van der Waals surface area (Å²) in [5, 5.41) is 0. The summed E-state index contributed by atoms with van der Waals surface area (Å²) in [7, 11) is 0. The lowest BCUT2D eigenvalue weighted by Crippen LogP contribution is -2.40. The molecule has 4 unspecified atom stereocenters. The van der Waals surface area contributed by atoms with Gasteiger partial charge in [0.15, 0.2) is 0 Å². The van der Waals surface area contributed by atoms with Crippen LogP contribution in [0.15, 0.2) is 42.5 Å². The van der Waals surface area contributed by atoms with Gasteiger partial charge in [0.25, 0.3) is 0 Å². The number of allylic oxidation sites excluding steroid dienone is 4. The first-order valence-corrected chi connectivity index (χ1v) is 13.8. The highest BCUT2D eigenvalue weighted by Gasteiger charge is 2.43. The summed E-state index contributed by atoms with van der Waals surface area (Å²) in [4.78, 5) is 13.2. The minimum Gasteiger partial charge on any atom is -0.426 e. The molecule has 0 bridgehead atoms. The Labute approximate surface area is 206 Å². The van der Waals surface area contributed by atoms with E-state index in [1.165, 1.54) is 51.0 Å². The fourth-order valence-corrected chi connectivity index (χ4v) is 7.19. The Morgan fingerprint density at radius 2 is 1.76 bits per heavy atom. The molecule has 0 saturated heterocycles. The molecule has 0 aliphatic heterocycles. The molecular formula is C31H43FO2. The number of halogens is 1. The fourth-order valence-electron chi connectivity index (χ4n) is 7.19. The fraction of sp³-hybridized carbons (Fsp3) is 0.645. The lowest BCUT2D eigenvalue weighted by atomic mass is 9.59. The van der Waals surface area contributed by atoms with E-state index in [9.17, 15) is 9.18 Å². The van der Waals surface area contributed by atoms with Crippen molar-refractivity contribution in [1.82, 2.24) is 0 Å². The minimum atomic E-state index is -0.277.